The van der Waals surface area contributed by atoms with Crippen molar-refractivity contribution in [2.75, 3.05) is 7.11 Å². The second-order valence-electron chi connectivity index (χ2n) is 5.55. The molecular formula is C15H23BrN2O. The van der Waals surface area contributed by atoms with E-state index in [2.05, 4.69) is 34.3 Å². The van der Waals surface area contributed by atoms with E-state index in [1.54, 1.807) is 7.11 Å². The van der Waals surface area contributed by atoms with E-state index in [1.165, 1.54) is 25.7 Å². The minimum Gasteiger partial charge on any atom is -0.496 e. The fraction of sp³-hybridized carbons (Fsp3) is 0.600. The van der Waals surface area contributed by atoms with Crippen molar-refractivity contribution in [2.45, 2.75) is 38.6 Å². The average Bonchev–Trinajstić information content (AvgIpc) is 2.43. The average molecular weight is 327 g/mol. The molecule has 1 aliphatic rings. The van der Waals surface area contributed by atoms with Crippen molar-refractivity contribution >= 4 is 15.9 Å². The number of benzene rings is 1. The number of methoxy groups -OCH3 is 1. The Morgan fingerprint density at radius 3 is 2.58 bits per heavy atom. The SMILES string of the molecule is COc1cc(Br)ccc1C(NN)C1CCC(C)CC1. The summed E-state index contributed by atoms with van der Waals surface area (Å²) in [5.41, 5.74) is 4.16. The molecule has 0 aliphatic heterocycles. The maximum Gasteiger partial charge on any atom is 0.124 e. The van der Waals surface area contributed by atoms with E-state index < -0.39 is 0 Å². The van der Waals surface area contributed by atoms with Crippen LogP contribution in [0.25, 0.3) is 0 Å². The Morgan fingerprint density at radius 2 is 2.00 bits per heavy atom. The van der Waals surface area contributed by atoms with Gasteiger partial charge in [-0.15, -0.1) is 0 Å². The van der Waals surface area contributed by atoms with Crippen LogP contribution in [0.1, 0.15) is 44.2 Å². The van der Waals surface area contributed by atoms with Crippen LogP contribution < -0.4 is 16.0 Å². The highest BCUT2D eigenvalue weighted by atomic mass is 79.9. The normalized spacial score (nSPS) is 25.1. The fourth-order valence-corrected chi connectivity index (χ4v) is 3.38. The second-order valence-corrected chi connectivity index (χ2v) is 6.47. The van der Waals surface area contributed by atoms with Gasteiger partial charge in [0.25, 0.3) is 0 Å². The third-order valence-electron chi connectivity index (χ3n) is 4.24. The van der Waals surface area contributed by atoms with Crippen molar-refractivity contribution in [3.05, 3.63) is 28.2 Å². The predicted molar refractivity (Wildman–Crippen MR) is 81.9 cm³/mol. The van der Waals surface area contributed by atoms with E-state index in [4.69, 9.17) is 10.6 Å². The van der Waals surface area contributed by atoms with Crippen LogP contribution in [0.5, 0.6) is 5.75 Å². The lowest BCUT2D eigenvalue weighted by Gasteiger charge is -2.33. The molecule has 0 aromatic heterocycles. The monoisotopic (exact) mass is 326 g/mol. The van der Waals surface area contributed by atoms with Crippen molar-refractivity contribution in [1.29, 1.82) is 0 Å². The number of hydrazine groups is 1. The molecule has 1 aromatic rings. The maximum absolute atomic E-state index is 5.81. The first kappa shape index (κ1) is 14.8. The molecule has 2 rings (SSSR count). The van der Waals surface area contributed by atoms with Crippen molar-refractivity contribution in [3.8, 4) is 5.75 Å². The van der Waals surface area contributed by atoms with Gasteiger partial charge < -0.3 is 4.74 Å². The number of nitrogens with two attached hydrogens (primary N) is 1. The van der Waals surface area contributed by atoms with Gasteiger partial charge in [0, 0.05) is 10.0 Å². The van der Waals surface area contributed by atoms with Crippen molar-refractivity contribution in [1.82, 2.24) is 5.43 Å². The first-order valence-corrected chi connectivity index (χ1v) is 7.74. The summed E-state index contributed by atoms with van der Waals surface area (Å²) in [6, 6.07) is 6.33. The van der Waals surface area contributed by atoms with E-state index in [0.717, 1.165) is 21.7 Å². The molecule has 4 heteroatoms. The summed E-state index contributed by atoms with van der Waals surface area (Å²) in [5, 5.41) is 0. The molecule has 0 heterocycles. The second kappa shape index (κ2) is 6.73. The van der Waals surface area contributed by atoms with Crippen molar-refractivity contribution in [2.24, 2.45) is 17.7 Å². The fourth-order valence-electron chi connectivity index (χ4n) is 3.04. The number of ether oxygens (including phenoxy) is 1. The highest BCUT2D eigenvalue weighted by Gasteiger charge is 2.28. The van der Waals surface area contributed by atoms with Gasteiger partial charge >= 0.3 is 0 Å². The minimum atomic E-state index is 0.176. The highest BCUT2D eigenvalue weighted by molar-refractivity contribution is 9.10. The summed E-state index contributed by atoms with van der Waals surface area (Å²) in [6.45, 7) is 2.33. The molecule has 0 bridgehead atoms. The molecule has 0 spiro atoms. The molecule has 19 heavy (non-hydrogen) atoms. The third kappa shape index (κ3) is 3.50. The lowest BCUT2D eigenvalue weighted by atomic mass is 9.77. The standard InChI is InChI=1S/C15H23BrN2O/c1-10-3-5-11(6-4-10)15(18-17)13-8-7-12(16)9-14(13)19-2/h7-11,15,18H,3-6,17H2,1-2H3. The predicted octanol–water partition coefficient (Wildman–Crippen LogP) is 3.79. The van der Waals surface area contributed by atoms with E-state index in [-0.39, 0.29) is 6.04 Å². The lowest BCUT2D eigenvalue weighted by molar-refractivity contribution is 0.229. The van der Waals surface area contributed by atoms with E-state index in [0.29, 0.717) is 5.92 Å². The highest BCUT2D eigenvalue weighted by Crippen LogP contribution is 2.39. The summed E-state index contributed by atoms with van der Waals surface area (Å²) < 4.78 is 6.52. The molecule has 106 valence electrons. The molecular weight excluding hydrogens is 304 g/mol. The Labute approximate surface area is 124 Å². The van der Waals surface area contributed by atoms with E-state index in [9.17, 15) is 0 Å². The molecule has 1 atom stereocenters. The van der Waals surface area contributed by atoms with E-state index in [1.807, 2.05) is 12.1 Å². The Kier molecular flexibility index (Phi) is 5.25. The number of halogens is 1. The smallest absolute Gasteiger partial charge is 0.124 e. The summed E-state index contributed by atoms with van der Waals surface area (Å²) >= 11 is 3.48. The van der Waals surface area contributed by atoms with Gasteiger partial charge in [0.2, 0.25) is 0 Å². The van der Waals surface area contributed by atoms with Crippen molar-refractivity contribution in [3.63, 3.8) is 0 Å². The topological polar surface area (TPSA) is 47.3 Å². The van der Waals surface area contributed by atoms with Crippen molar-refractivity contribution < 1.29 is 4.74 Å². The van der Waals surface area contributed by atoms with Crippen LogP contribution in [0, 0.1) is 11.8 Å². The van der Waals surface area contributed by atoms with Crippen LogP contribution in [-0.2, 0) is 0 Å². The van der Waals surface area contributed by atoms with Gasteiger partial charge in [-0.25, -0.2) is 0 Å². The molecule has 1 unspecified atom stereocenters. The zero-order valence-corrected chi connectivity index (χ0v) is 13.2. The molecule has 0 saturated heterocycles. The summed E-state index contributed by atoms with van der Waals surface area (Å²) in [5.74, 6) is 8.16. The molecule has 1 saturated carbocycles. The van der Waals surface area contributed by atoms with Gasteiger partial charge in [0.05, 0.1) is 13.2 Å². The minimum absolute atomic E-state index is 0.176. The first-order chi connectivity index (χ1) is 9.15. The van der Waals surface area contributed by atoms with Crippen LogP contribution in [-0.4, -0.2) is 7.11 Å². The summed E-state index contributed by atoms with van der Waals surface area (Å²) in [6.07, 6.45) is 5.05. The van der Waals surface area contributed by atoms with Gasteiger partial charge in [0.15, 0.2) is 0 Å². The molecule has 1 aliphatic carbocycles. The lowest BCUT2D eigenvalue weighted by Crippen LogP contribution is -2.35. The third-order valence-corrected chi connectivity index (χ3v) is 4.74. The molecule has 3 N–H and O–H groups in total. The van der Waals surface area contributed by atoms with Gasteiger partial charge in [0.1, 0.15) is 5.75 Å². The van der Waals surface area contributed by atoms with Gasteiger partial charge in [-0.1, -0.05) is 41.8 Å². The quantitative estimate of drug-likeness (QED) is 0.653. The number of rotatable bonds is 4. The molecule has 0 amide bonds. The molecule has 0 radical (unpaired) electrons. The Balaban J connectivity index is 2.21. The number of hydrogen-bond donors (Lipinski definition) is 2. The number of hydrogen-bond acceptors (Lipinski definition) is 3. The Hall–Kier alpha value is -0.580. The summed E-state index contributed by atoms with van der Waals surface area (Å²) in [7, 11) is 1.71. The van der Waals surface area contributed by atoms with Gasteiger partial charge in [-0.2, -0.15) is 0 Å². The largest absolute Gasteiger partial charge is 0.496 e. The molecule has 1 fully saturated rings. The first-order valence-electron chi connectivity index (χ1n) is 6.95. The van der Waals surface area contributed by atoms with Crippen LogP contribution in [0.3, 0.4) is 0 Å². The Bertz CT molecular complexity index is 417. The van der Waals surface area contributed by atoms with Crippen LogP contribution in [0.2, 0.25) is 0 Å². The zero-order chi connectivity index (χ0) is 13.8. The van der Waals surface area contributed by atoms with Crippen LogP contribution >= 0.6 is 15.9 Å². The van der Waals surface area contributed by atoms with E-state index >= 15 is 0 Å². The van der Waals surface area contributed by atoms with Gasteiger partial charge in [-0.3, -0.25) is 11.3 Å². The number of nitrogens with one attached hydrogen (secondary N) is 1. The molecule has 3 nitrogen and oxygen atoms in total. The summed E-state index contributed by atoms with van der Waals surface area (Å²) in [4.78, 5) is 0. The van der Waals surface area contributed by atoms with Crippen LogP contribution in [0.15, 0.2) is 22.7 Å². The van der Waals surface area contributed by atoms with Gasteiger partial charge in [-0.05, 0) is 36.8 Å². The maximum atomic E-state index is 5.81. The van der Waals surface area contributed by atoms with Crippen LogP contribution in [0.4, 0.5) is 0 Å². The Morgan fingerprint density at radius 1 is 1.32 bits per heavy atom. The molecule has 1 aromatic carbocycles. The zero-order valence-electron chi connectivity index (χ0n) is 11.7.